The molecule has 1 unspecified atom stereocenters. The molecule has 1 aromatic rings. The lowest BCUT2D eigenvalue weighted by Crippen LogP contribution is -2.24. The van der Waals surface area contributed by atoms with Crippen molar-refractivity contribution in [3.05, 3.63) is 11.4 Å². The smallest absolute Gasteiger partial charge is 0.136 e. The van der Waals surface area contributed by atoms with Gasteiger partial charge in [-0.1, -0.05) is 6.92 Å². The Morgan fingerprint density at radius 1 is 1.25 bits per heavy atom. The zero-order valence-corrected chi connectivity index (χ0v) is 12.2. The van der Waals surface area contributed by atoms with Gasteiger partial charge in [-0.25, -0.2) is 9.97 Å². The van der Waals surface area contributed by atoms with E-state index in [1.54, 1.807) is 0 Å². The minimum Gasteiger partial charge on any atom is -0.394 e. The molecule has 0 radical (unpaired) electrons. The molecule has 0 aromatic carbocycles. The van der Waals surface area contributed by atoms with Crippen LogP contribution in [0.25, 0.3) is 0 Å². The third-order valence-electron chi connectivity index (χ3n) is 3.36. The van der Waals surface area contributed by atoms with Gasteiger partial charge in [0.25, 0.3) is 0 Å². The highest BCUT2D eigenvalue weighted by molar-refractivity contribution is 5.57. The number of aliphatic hydroxyl groups is 2. The van der Waals surface area contributed by atoms with E-state index >= 15 is 0 Å². The largest absolute Gasteiger partial charge is 0.394 e. The van der Waals surface area contributed by atoms with Gasteiger partial charge in [0.15, 0.2) is 0 Å². The fourth-order valence-corrected chi connectivity index (χ4v) is 1.92. The molecule has 1 atom stereocenters. The van der Waals surface area contributed by atoms with E-state index in [-0.39, 0.29) is 13.2 Å². The molecule has 1 aliphatic carbocycles. The Kier molecular flexibility index (Phi) is 5.14. The van der Waals surface area contributed by atoms with Crippen LogP contribution >= 0.6 is 0 Å². The Hall–Kier alpha value is -1.40. The molecule has 0 amide bonds. The van der Waals surface area contributed by atoms with Gasteiger partial charge < -0.3 is 20.8 Å². The second-order valence-electron chi connectivity index (χ2n) is 5.32. The molecule has 1 aliphatic rings. The molecule has 2 rings (SSSR count). The van der Waals surface area contributed by atoms with Crippen LogP contribution in [-0.2, 0) is 0 Å². The highest BCUT2D eigenvalue weighted by atomic mass is 16.3. The summed E-state index contributed by atoms with van der Waals surface area (Å²) in [7, 11) is 0. The van der Waals surface area contributed by atoms with Crippen molar-refractivity contribution in [2.45, 2.75) is 45.1 Å². The SMILES string of the molecule is CCCNc1nc(C2CC2)nc(NCC(O)CO)c1C. The molecular weight excluding hydrogens is 256 g/mol. The minimum atomic E-state index is -0.777. The second kappa shape index (κ2) is 6.85. The van der Waals surface area contributed by atoms with Crippen molar-refractivity contribution in [1.29, 1.82) is 0 Å². The van der Waals surface area contributed by atoms with E-state index in [2.05, 4.69) is 27.5 Å². The second-order valence-corrected chi connectivity index (χ2v) is 5.32. The Bertz CT molecular complexity index is 449. The van der Waals surface area contributed by atoms with E-state index in [0.29, 0.717) is 5.92 Å². The molecule has 112 valence electrons. The van der Waals surface area contributed by atoms with Crippen LogP contribution in [-0.4, -0.2) is 46.0 Å². The fraction of sp³-hybridized carbons (Fsp3) is 0.714. The van der Waals surface area contributed by atoms with Crippen molar-refractivity contribution in [2.24, 2.45) is 0 Å². The van der Waals surface area contributed by atoms with Crippen molar-refractivity contribution in [3.63, 3.8) is 0 Å². The van der Waals surface area contributed by atoms with E-state index in [1.165, 1.54) is 0 Å². The van der Waals surface area contributed by atoms with Gasteiger partial charge in [0.1, 0.15) is 17.5 Å². The molecule has 1 aromatic heterocycles. The topological polar surface area (TPSA) is 90.3 Å². The summed E-state index contributed by atoms with van der Waals surface area (Å²) in [5.74, 6) is 2.95. The molecule has 0 aliphatic heterocycles. The number of nitrogens with zero attached hydrogens (tertiary/aromatic N) is 2. The Morgan fingerprint density at radius 3 is 2.45 bits per heavy atom. The molecule has 20 heavy (non-hydrogen) atoms. The van der Waals surface area contributed by atoms with E-state index in [9.17, 15) is 5.11 Å². The molecule has 1 fully saturated rings. The van der Waals surface area contributed by atoms with Crippen LogP contribution < -0.4 is 10.6 Å². The fourth-order valence-electron chi connectivity index (χ4n) is 1.92. The summed E-state index contributed by atoms with van der Waals surface area (Å²) in [6.07, 6.45) is 2.55. The average molecular weight is 280 g/mol. The first-order valence-electron chi connectivity index (χ1n) is 7.30. The zero-order valence-electron chi connectivity index (χ0n) is 12.2. The molecule has 0 bridgehead atoms. The molecule has 6 nitrogen and oxygen atoms in total. The summed E-state index contributed by atoms with van der Waals surface area (Å²) in [5, 5.41) is 24.7. The summed E-state index contributed by atoms with van der Waals surface area (Å²) in [5.41, 5.74) is 0.952. The first-order chi connectivity index (χ1) is 9.65. The third-order valence-corrected chi connectivity index (χ3v) is 3.36. The monoisotopic (exact) mass is 280 g/mol. The summed E-state index contributed by atoms with van der Waals surface area (Å²) in [6, 6.07) is 0. The van der Waals surface area contributed by atoms with Crippen LogP contribution in [0.1, 0.15) is 43.5 Å². The quantitative estimate of drug-likeness (QED) is 0.573. The number of hydrogen-bond donors (Lipinski definition) is 4. The lowest BCUT2D eigenvalue weighted by Gasteiger charge is -2.16. The van der Waals surface area contributed by atoms with Crippen molar-refractivity contribution in [2.75, 3.05) is 30.3 Å². The number of hydrogen-bond acceptors (Lipinski definition) is 6. The molecule has 6 heteroatoms. The van der Waals surface area contributed by atoms with Crippen LogP contribution in [0.3, 0.4) is 0 Å². The van der Waals surface area contributed by atoms with Crippen molar-refractivity contribution >= 4 is 11.6 Å². The minimum absolute atomic E-state index is 0.256. The van der Waals surface area contributed by atoms with Crippen LogP contribution in [0.2, 0.25) is 0 Å². The first-order valence-corrected chi connectivity index (χ1v) is 7.30. The number of nitrogens with one attached hydrogen (secondary N) is 2. The van der Waals surface area contributed by atoms with Crippen molar-refractivity contribution in [1.82, 2.24) is 9.97 Å². The van der Waals surface area contributed by atoms with Crippen molar-refractivity contribution < 1.29 is 10.2 Å². The normalized spacial score (nSPS) is 16.0. The average Bonchev–Trinajstić information content (AvgIpc) is 3.29. The maximum absolute atomic E-state index is 9.44. The van der Waals surface area contributed by atoms with Crippen LogP contribution in [0.5, 0.6) is 0 Å². The molecule has 1 saturated carbocycles. The highest BCUT2D eigenvalue weighted by Gasteiger charge is 2.28. The molecule has 1 heterocycles. The summed E-state index contributed by atoms with van der Waals surface area (Å²) in [6.45, 7) is 4.98. The maximum atomic E-state index is 9.44. The van der Waals surface area contributed by atoms with Gasteiger partial charge in [-0.2, -0.15) is 0 Å². The number of aromatic nitrogens is 2. The Morgan fingerprint density at radius 2 is 1.90 bits per heavy atom. The lowest BCUT2D eigenvalue weighted by molar-refractivity contribution is 0.105. The third kappa shape index (κ3) is 3.80. The van der Waals surface area contributed by atoms with Gasteiger partial charge in [-0.3, -0.25) is 0 Å². The van der Waals surface area contributed by atoms with Crippen LogP contribution in [0.4, 0.5) is 11.6 Å². The molecular formula is C14H24N4O2. The predicted octanol–water partition coefficient (Wildman–Crippen LogP) is 1.25. The molecule has 0 spiro atoms. The van der Waals surface area contributed by atoms with E-state index in [0.717, 1.165) is 48.8 Å². The predicted molar refractivity (Wildman–Crippen MR) is 79.1 cm³/mol. The van der Waals surface area contributed by atoms with E-state index < -0.39 is 6.10 Å². The zero-order chi connectivity index (χ0) is 14.5. The number of aliphatic hydroxyl groups excluding tert-OH is 2. The summed E-state index contributed by atoms with van der Waals surface area (Å²) >= 11 is 0. The molecule has 4 N–H and O–H groups in total. The van der Waals surface area contributed by atoms with Crippen LogP contribution in [0, 0.1) is 6.92 Å². The van der Waals surface area contributed by atoms with E-state index in [1.807, 2.05) is 6.92 Å². The van der Waals surface area contributed by atoms with E-state index in [4.69, 9.17) is 5.11 Å². The first kappa shape index (κ1) is 15.0. The Balaban J connectivity index is 2.16. The van der Waals surface area contributed by atoms with Crippen LogP contribution in [0.15, 0.2) is 0 Å². The summed E-state index contributed by atoms with van der Waals surface area (Å²) in [4.78, 5) is 9.16. The van der Waals surface area contributed by atoms with Gasteiger partial charge in [0.05, 0.1) is 12.7 Å². The molecule has 0 saturated heterocycles. The van der Waals surface area contributed by atoms with Gasteiger partial charge in [0.2, 0.25) is 0 Å². The standard InChI is InChI=1S/C14H24N4O2/c1-3-6-15-12-9(2)13(16-7-11(20)8-19)18-14(17-12)10-4-5-10/h10-11,19-20H,3-8H2,1-2H3,(H2,15,16,17,18). The summed E-state index contributed by atoms with van der Waals surface area (Å²) < 4.78 is 0. The van der Waals surface area contributed by atoms with Gasteiger partial charge >= 0.3 is 0 Å². The number of rotatable bonds is 8. The van der Waals surface area contributed by atoms with Gasteiger partial charge in [0, 0.05) is 24.6 Å². The Labute approximate surface area is 119 Å². The van der Waals surface area contributed by atoms with Gasteiger partial charge in [-0.05, 0) is 26.2 Å². The lowest BCUT2D eigenvalue weighted by atomic mass is 10.2. The van der Waals surface area contributed by atoms with Gasteiger partial charge in [-0.15, -0.1) is 0 Å². The van der Waals surface area contributed by atoms with Crippen molar-refractivity contribution in [3.8, 4) is 0 Å². The maximum Gasteiger partial charge on any atom is 0.136 e. The number of anilines is 2. The highest BCUT2D eigenvalue weighted by Crippen LogP contribution is 2.39.